The molecule has 0 spiro atoms. The molecule has 2 rings (SSSR count). The van der Waals surface area contributed by atoms with Crippen LogP contribution in [0.5, 0.6) is 0 Å². The number of amides is 1. The quantitative estimate of drug-likeness (QED) is 0.866. The van der Waals surface area contributed by atoms with E-state index in [9.17, 15) is 4.79 Å². The van der Waals surface area contributed by atoms with Crippen LogP contribution in [0.1, 0.15) is 60.3 Å². The lowest BCUT2D eigenvalue weighted by molar-refractivity contribution is 0.0407. The van der Waals surface area contributed by atoms with Gasteiger partial charge in [0, 0.05) is 44.3 Å². The van der Waals surface area contributed by atoms with Crippen LogP contribution in [-0.4, -0.2) is 65.8 Å². The Balaban J connectivity index is 1.79. The fourth-order valence-corrected chi connectivity index (χ4v) is 3.72. The van der Waals surface area contributed by atoms with Gasteiger partial charge in [-0.15, -0.1) is 0 Å². The molecule has 2 atom stereocenters. The summed E-state index contributed by atoms with van der Waals surface area (Å²) in [7, 11) is 0. The molecule has 1 aliphatic heterocycles. The predicted molar refractivity (Wildman–Crippen MR) is 93.7 cm³/mol. The molecule has 0 bridgehead atoms. The van der Waals surface area contributed by atoms with Crippen molar-refractivity contribution >= 4 is 6.09 Å². The third-order valence-electron chi connectivity index (χ3n) is 4.96. The molecule has 2 aliphatic rings. The van der Waals surface area contributed by atoms with Gasteiger partial charge in [-0.3, -0.25) is 9.80 Å². The molecule has 5 nitrogen and oxygen atoms in total. The van der Waals surface area contributed by atoms with E-state index < -0.39 is 5.60 Å². The number of alkyl carbamates (subject to hydrolysis) is 1. The molecule has 1 N–H and O–H groups in total. The summed E-state index contributed by atoms with van der Waals surface area (Å²) in [5.41, 5.74) is -0.425. The fourth-order valence-electron chi connectivity index (χ4n) is 3.72. The van der Waals surface area contributed by atoms with Crippen molar-refractivity contribution in [3.8, 4) is 0 Å². The minimum absolute atomic E-state index is 0.256. The highest BCUT2D eigenvalue weighted by molar-refractivity contribution is 5.68. The Kier molecular flexibility index (Phi) is 6.32. The Morgan fingerprint density at radius 3 is 2.35 bits per heavy atom. The number of nitrogens with zero attached hydrogens (tertiary/aromatic N) is 2. The lowest BCUT2D eigenvalue weighted by Crippen LogP contribution is -2.54. The summed E-state index contributed by atoms with van der Waals surface area (Å²) < 4.78 is 5.39. The van der Waals surface area contributed by atoms with Gasteiger partial charge in [0.25, 0.3) is 0 Å². The standard InChI is InChI=1S/C18H35N3O2/c1-14(2)20-9-11-21(12-10-20)16-8-6-7-15(13-16)19-17(22)23-18(3,4)5/h14-16H,6-13H2,1-5H3,(H,19,22)/t15?,16-/m1/s1. The molecule has 2 fully saturated rings. The van der Waals surface area contributed by atoms with Crippen LogP contribution in [-0.2, 0) is 4.74 Å². The SMILES string of the molecule is CC(C)N1CCN([C@@H]2CCCC(NC(=O)OC(C)(C)C)C2)CC1. The van der Waals surface area contributed by atoms with Crippen molar-refractivity contribution in [2.24, 2.45) is 0 Å². The summed E-state index contributed by atoms with van der Waals surface area (Å²) in [6.07, 6.45) is 4.31. The third-order valence-corrected chi connectivity index (χ3v) is 4.96. The smallest absolute Gasteiger partial charge is 0.407 e. The average molecular weight is 325 g/mol. The molecule has 5 heteroatoms. The zero-order chi connectivity index (χ0) is 17.0. The number of ether oxygens (including phenoxy) is 1. The second kappa shape index (κ2) is 7.84. The number of carbonyl (C=O) groups is 1. The summed E-state index contributed by atoms with van der Waals surface area (Å²) in [6, 6.07) is 1.51. The van der Waals surface area contributed by atoms with Crippen LogP contribution in [0.2, 0.25) is 0 Å². The molecule has 1 unspecified atom stereocenters. The summed E-state index contributed by atoms with van der Waals surface area (Å²) in [5, 5.41) is 3.07. The van der Waals surface area contributed by atoms with Crippen molar-refractivity contribution in [2.45, 2.75) is 84.0 Å². The maximum absolute atomic E-state index is 12.0. The first-order valence-electron chi connectivity index (χ1n) is 9.22. The Hall–Kier alpha value is -0.810. The molecule has 1 heterocycles. The van der Waals surface area contributed by atoms with E-state index in [2.05, 4.69) is 29.0 Å². The van der Waals surface area contributed by atoms with Gasteiger partial charge >= 0.3 is 6.09 Å². The van der Waals surface area contributed by atoms with Crippen molar-refractivity contribution in [2.75, 3.05) is 26.2 Å². The second-order valence-corrected chi connectivity index (χ2v) is 8.33. The lowest BCUT2D eigenvalue weighted by atomic mass is 9.89. The van der Waals surface area contributed by atoms with Gasteiger partial charge in [0.1, 0.15) is 5.60 Å². The number of piperazine rings is 1. The molecule has 23 heavy (non-hydrogen) atoms. The summed E-state index contributed by atoms with van der Waals surface area (Å²) in [4.78, 5) is 17.2. The van der Waals surface area contributed by atoms with Gasteiger partial charge in [0.15, 0.2) is 0 Å². The number of hydrogen-bond acceptors (Lipinski definition) is 4. The highest BCUT2D eigenvalue weighted by Crippen LogP contribution is 2.25. The van der Waals surface area contributed by atoms with Gasteiger partial charge in [-0.1, -0.05) is 0 Å². The van der Waals surface area contributed by atoms with Gasteiger partial charge in [-0.2, -0.15) is 0 Å². The van der Waals surface area contributed by atoms with E-state index in [1.54, 1.807) is 0 Å². The van der Waals surface area contributed by atoms with E-state index in [1.807, 2.05) is 20.8 Å². The van der Waals surface area contributed by atoms with Gasteiger partial charge < -0.3 is 10.1 Å². The van der Waals surface area contributed by atoms with Crippen LogP contribution in [0.25, 0.3) is 0 Å². The van der Waals surface area contributed by atoms with E-state index in [4.69, 9.17) is 4.74 Å². The van der Waals surface area contributed by atoms with Crippen LogP contribution in [0, 0.1) is 0 Å². The van der Waals surface area contributed by atoms with E-state index in [-0.39, 0.29) is 12.1 Å². The highest BCUT2D eigenvalue weighted by Gasteiger charge is 2.30. The minimum atomic E-state index is -0.425. The third kappa shape index (κ3) is 5.96. The van der Waals surface area contributed by atoms with Crippen LogP contribution in [0.15, 0.2) is 0 Å². The maximum atomic E-state index is 12.0. The van der Waals surface area contributed by atoms with E-state index in [1.165, 1.54) is 25.9 Å². The summed E-state index contributed by atoms with van der Waals surface area (Å²) in [6.45, 7) is 14.9. The second-order valence-electron chi connectivity index (χ2n) is 8.33. The highest BCUT2D eigenvalue weighted by atomic mass is 16.6. The Labute approximate surface area is 141 Å². The molecule has 0 radical (unpaired) electrons. The van der Waals surface area contributed by atoms with Crippen LogP contribution >= 0.6 is 0 Å². The van der Waals surface area contributed by atoms with E-state index >= 15 is 0 Å². The van der Waals surface area contributed by atoms with Crippen LogP contribution in [0.3, 0.4) is 0 Å². The number of carbonyl (C=O) groups excluding carboxylic acids is 1. The Morgan fingerprint density at radius 1 is 1.13 bits per heavy atom. The Morgan fingerprint density at radius 2 is 1.78 bits per heavy atom. The molecule has 0 aromatic carbocycles. The first-order chi connectivity index (χ1) is 10.7. The molecule has 1 amide bonds. The van der Waals surface area contributed by atoms with Crippen molar-refractivity contribution < 1.29 is 9.53 Å². The maximum Gasteiger partial charge on any atom is 0.407 e. The minimum Gasteiger partial charge on any atom is -0.444 e. The first-order valence-corrected chi connectivity index (χ1v) is 9.22. The van der Waals surface area contributed by atoms with E-state index in [0.717, 1.165) is 25.9 Å². The van der Waals surface area contributed by atoms with Crippen LogP contribution in [0.4, 0.5) is 4.79 Å². The molecule has 134 valence electrons. The normalized spacial score (nSPS) is 27.9. The molecule has 1 saturated carbocycles. The van der Waals surface area contributed by atoms with Gasteiger partial charge in [-0.25, -0.2) is 4.79 Å². The van der Waals surface area contributed by atoms with Crippen molar-refractivity contribution in [1.29, 1.82) is 0 Å². The topological polar surface area (TPSA) is 44.8 Å². The number of rotatable bonds is 3. The molecule has 0 aromatic heterocycles. The predicted octanol–water partition coefficient (Wildman–Crippen LogP) is 2.85. The van der Waals surface area contributed by atoms with Gasteiger partial charge in [-0.05, 0) is 60.3 Å². The zero-order valence-corrected chi connectivity index (χ0v) is 15.6. The number of hydrogen-bond donors (Lipinski definition) is 1. The largest absolute Gasteiger partial charge is 0.444 e. The Bertz CT molecular complexity index is 384. The first kappa shape index (κ1) is 18.5. The van der Waals surface area contributed by atoms with Crippen molar-refractivity contribution in [1.82, 2.24) is 15.1 Å². The average Bonchev–Trinajstić information content (AvgIpc) is 2.45. The fraction of sp³-hybridized carbons (Fsp3) is 0.944. The van der Waals surface area contributed by atoms with E-state index in [0.29, 0.717) is 12.1 Å². The zero-order valence-electron chi connectivity index (χ0n) is 15.6. The molecular formula is C18H35N3O2. The van der Waals surface area contributed by atoms with Crippen LogP contribution < -0.4 is 5.32 Å². The van der Waals surface area contributed by atoms with Gasteiger partial charge in [0.05, 0.1) is 0 Å². The molecule has 1 saturated heterocycles. The number of nitrogens with one attached hydrogen (secondary N) is 1. The monoisotopic (exact) mass is 325 g/mol. The molecule has 1 aliphatic carbocycles. The lowest BCUT2D eigenvalue weighted by Gasteiger charge is -2.43. The van der Waals surface area contributed by atoms with Crippen molar-refractivity contribution in [3.63, 3.8) is 0 Å². The van der Waals surface area contributed by atoms with Crippen molar-refractivity contribution in [3.05, 3.63) is 0 Å². The molecular weight excluding hydrogens is 290 g/mol. The summed E-state index contributed by atoms with van der Waals surface area (Å²) >= 11 is 0. The molecule has 0 aromatic rings. The summed E-state index contributed by atoms with van der Waals surface area (Å²) in [5.74, 6) is 0. The van der Waals surface area contributed by atoms with Gasteiger partial charge in [0.2, 0.25) is 0 Å².